The van der Waals surface area contributed by atoms with Gasteiger partial charge in [-0.25, -0.2) is 9.18 Å². The number of ether oxygens (including phenoxy) is 1. The summed E-state index contributed by atoms with van der Waals surface area (Å²) in [6.07, 6.45) is 1.46. The molecule has 90 valence electrons. The Morgan fingerprint density at radius 2 is 1.94 bits per heavy atom. The molecular formula is C14H10FNO2. The van der Waals surface area contributed by atoms with Crippen molar-refractivity contribution in [3.8, 4) is 5.75 Å². The van der Waals surface area contributed by atoms with Crippen LogP contribution in [0.15, 0.2) is 53.5 Å². The third-order valence-corrected chi connectivity index (χ3v) is 2.31. The Hall–Kier alpha value is -2.45. The van der Waals surface area contributed by atoms with E-state index in [1.165, 1.54) is 18.2 Å². The van der Waals surface area contributed by atoms with Gasteiger partial charge in [0.05, 0.1) is 5.69 Å². The van der Waals surface area contributed by atoms with E-state index in [-0.39, 0.29) is 12.4 Å². The molecular weight excluding hydrogens is 233 g/mol. The Kier molecular flexibility index (Phi) is 3.84. The average molecular weight is 243 g/mol. The number of hydrogen-bond donors (Lipinski definition) is 0. The third-order valence-electron chi connectivity index (χ3n) is 2.31. The maximum Gasteiger partial charge on any atom is 0.240 e. The van der Waals surface area contributed by atoms with Crippen molar-refractivity contribution in [1.29, 1.82) is 0 Å². The van der Waals surface area contributed by atoms with Crippen LogP contribution in [0.4, 0.5) is 10.1 Å². The van der Waals surface area contributed by atoms with Crippen molar-refractivity contribution in [2.24, 2.45) is 4.99 Å². The smallest absolute Gasteiger partial charge is 0.240 e. The normalized spacial score (nSPS) is 9.61. The van der Waals surface area contributed by atoms with Gasteiger partial charge in [0.25, 0.3) is 0 Å². The van der Waals surface area contributed by atoms with Gasteiger partial charge in [-0.05, 0) is 42.0 Å². The summed E-state index contributed by atoms with van der Waals surface area (Å²) in [6.45, 7) is 0.286. The Morgan fingerprint density at radius 1 is 1.17 bits per heavy atom. The van der Waals surface area contributed by atoms with Gasteiger partial charge in [0.1, 0.15) is 18.2 Å². The van der Waals surface area contributed by atoms with Gasteiger partial charge in [-0.3, -0.25) is 0 Å². The molecule has 2 aromatic rings. The lowest BCUT2D eigenvalue weighted by Gasteiger charge is -2.06. The van der Waals surface area contributed by atoms with Crippen molar-refractivity contribution in [3.05, 3.63) is 59.9 Å². The number of carbonyl (C=O) groups excluding carboxylic acids is 1. The monoisotopic (exact) mass is 243 g/mol. The molecule has 0 aromatic heterocycles. The van der Waals surface area contributed by atoms with Gasteiger partial charge in [0, 0.05) is 0 Å². The van der Waals surface area contributed by atoms with Gasteiger partial charge in [-0.15, -0.1) is 0 Å². The SMILES string of the molecule is O=C=Nc1ccc(OCc2cccc(F)c2)cc1. The minimum atomic E-state index is -0.285. The van der Waals surface area contributed by atoms with Gasteiger partial charge in [0.2, 0.25) is 6.08 Å². The van der Waals surface area contributed by atoms with E-state index in [1.54, 1.807) is 36.4 Å². The second-order valence-electron chi connectivity index (χ2n) is 3.62. The first-order valence-electron chi connectivity index (χ1n) is 5.33. The van der Waals surface area contributed by atoms with Crippen LogP contribution in [-0.4, -0.2) is 6.08 Å². The zero-order chi connectivity index (χ0) is 12.8. The molecule has 0 N–H and O–H groups in total. The lowest BCUT2D eigenvalue weighted by atomic mass is 10.2. The molecule has 0 bridgehead atoms. The summed E-state index contributed by atoms with van der Waals surface area (Å²) in [5.74, 6) is 0.343. The fourth-order valence-corrected chi connectivity index (χ4v) is 1.46. The van der Waals surface area contributed by atoms with E-state index in [1.807, 2.05) is 0 Å². The largest absolute Gasteiger partial charge is 0.489 e. The Bertz CT molecular complexity index is 575. The van der Waals surface area contributed by atoms with Crippen LogP contribution in [0.1, 0.15) is 5.56 Å². The van der Waals surface area contributed by atoms with Crippen LogP contribution in [0.25, 0.3) is 0 Å². The minimum Gasteiger partial charge on any atom is -0.489 e. The van der Waals surface area contributed by atoms with Crippen molar-refractivity contribution < 1.29 is 13.9 Å². The quantitative estimate of drug-likeness (QED) is 0.610. The summed E-state index contributed by atoms with van der Waals surface area (Å²) in [5, 5.41) is 0. The Morgan fingerprint density at radius 3 is 2.61 bits per heavy atom. The predicted molar refractivity (Wildman–Crippen MR) is 65.0 cm³/mol. The van der Waals surface area contributed by atoms with Gasteiger partial charge >= 0.3 is 0 Å². The van der Waals surface area contributed by atoms with E-state index in [4.69, 9.17) is 4.74 Å². The minimum absolute atomic E-state index is 0.285. The first kappa shape index (κ1) is 12.0. The highest BCUT2D eigenvalue weighted by Crippen LogP contribution is 2.18. The molecule has 0 fully saturated rings. The standard InChI is InChI=1S/C14H10FNO2/c15-12-3-1-2-11(8-12)9-18-14-6-4-13(5-7-14)16-10-17/h1-8H,9H2. The van der Waals surface area contributed by atoms with Crippen LogP contribution in [0.5, 0.6) is 5.75 Å². The molecule has 0 spiro atoms. The molecule has 0 saturated carbocycles. The van der Waals surface area contributed by atoms with Crippen LogP contribution in [-0.2, 0) is 11.4 Å². The number of nitrogens with zero attached hydrogens (tertiary/aromatic N) is 1. The summed E-state index contributed by atoms with van der Waals surface area (Å²) in [5.41, 5.74) is 1.27. The number of benzene rings is 2. The molecule has 0 unspecified atom stereocenters. The second kappa shape index (κ2) is 5.75. The molecule has 3 nitrogen and oxygen atoms in total. The summed E-state index contributed by atoms with van der Waals surface area (Å²) in [7, 11) is 0. The summed E-state index contributed by atoms with van der Waals surface area (Å²) < 4.78 is 18.4. The second-order valence-corrected chi connectivity index (χ2v) is 3.62. The van der Waals surface area contributed by atoms with Crippen LogP contribution in [0.3, 0.4) is 0 Å². The van der Waals surface area contributed by atoms with Gasteiger partial charge in [-0.1, -0.05) is 12.1 Å². The predicted octanol–water partition coefficient (Wildman–Crippen LogP) is 3.37. The van der Waals surface area contributed by atoms with Crippen LogP contribution in [0.2, 0.25) is 0 Å². The van der Waals surface area contributed by atoms with E-state index in [0.29, 0.717) is 11.4 Å². The summed E-state index contributed by atoms with van der Waals surface area (Å²) >= 11 is 0. The van der Waals surface area contributed by atoms with E-state index in [9.17, 15) is 9.18 Å². The summed E-state index contributed by atoms with van der Waals surface area (Å²) in [6, 6.07) is 12.9. The zero-order valence-electron chi connectivity index (χ0n) is 9.47. The van der Waals surface area contributed by atoms with Crippen molar-refractivity contribution in [1.82, 2.24) is 0 Å². The highest BCUT2D eigenvalue weighted by molar-refractivity contribution is 5.50. The molecule has 0 aliphatic heterocycles. The number of aliphatic imine (C=N–C) groups is 1. The van der Waals surface area contributed by atoms with Crippen LogP contribution >= 0.6 is 0 Å². The molecule has 0 heterocycles. The van der Waals surface area contributed by atoms with E-state index in [0.717, 1.165) is 5.56 Å². The van der Waals surface area contributed by atoms with Gasteiger partial charge in [-0.2, -0.15) is 4.99 Å². The number of halogens is 1. The number of hydrogen-bond acceptors (Lipinski definition) is 3. The molecule has 0 amide bonds. The molecule has 0 aliphatic rings. The fourth-order valence-electron chi connectivity index (χ4n) is 1.46. The third kappa shape index (κ3) is 3.27. The van der Waals surface area contributed by atoms with Gasteiger partial charge in [0.15, 0.2) is 0 Å². The number of isocyanates is 1. The molecule has 0 aliphatic carbocycles. The zero-order valence-corrected chi connectivity index (χ0v) is 9.47. The Balaban J connectivity index is 2.00. The lowest BCUT2D eigenvalue weighted by molar-refractivity contribution is 0.305. The molecule has 2 rings (SSSR count). The van der Waals surface area contributed by atoms with Crippen LogP contribution < -0.4 is 4.74 Å². The highest BCUT2D eigenvalue weighted by atomic mass is 19.1. The van der Waals surface area contributed by atoms with E-state index < -0.39 is 0 Å². The van der Waals surface area contributed by atoms with Crippen molar-refractivity contribution >= 4 is 11.8 Å². The molecule has 0 saturated heterocycles. The summed E-state index contributed by atoms with van der Waals surface area (Å²) in [4.78, 5) is 13.5. The molecule has 0 radical (unpaired) electrons. The highest BCUT2D eigenvalue weighted by Gasteiger charge is 1.98. The first-order chi connectivity index (χ1) is 8.78. The van der Waals surface area contributed by atoms with E-state index in [2.05, 4.69) is 4.99 Å². The Labute approximate surface area is 104 Å². The topological polar surface area (TPSA) is 38.7 Å². The molecule has 4 heteroatoms. The lowest BCUT2D eigenvalue weighted by Crippen LogP contribution is -1.95. The van der Waals surface area contributed by atoms with Crippen LogP contribution in [0, 0.1) is 5.82 Å². The van der Waals surface area contributed by atoms with Gasteiger partial charge < -0.3 is 4.74 Å². The maximum atomic E-state index is 12.9. The molecule has 18 heavy (non-hydrogen) atoms. The number of rotatable bonds is 4. The van der Waals surface area contributed by atoms with Crippen molar-refractivity contribution in [2.45, 2.75) is 6.61 Å². The fraction of sp³-hybridized carbons (Fsp3) is 0.0714. The van der Waals surface area contributed by atoms with E-state index >= 15 is 0 Å². The first-order valence-corrected chi connectivity index (χ1v) is 5.33. The van der Waals surface area contributed by atoms with Crippen molar-refractivity contribution in [3.63, 3.8) is 0 Å². The molecule has 2 aromatic carbocycles. The molecule has 0 atom stereocenters. The van der Waals surface area contributed by atoms with Crippen molar-refractivity contribution in [2.75, 3.05) is 0 Å². The average Bonchev–Trinajstić information content (AvgIpc) is 2.38. The maximum absolute atomic E-state index is 12.9.